The smallest absolute Gasteiger partial charge is 0.0494 e. The summed E-state index contributed by atoms with van der Waals surface area (Å²) >= 11 is 0. The number of aryl methyl sites for hydroxylation is 1. The lowest BCUT2D eigenvalue weighted by atomic mass is 9.92. The quantitative estimate of drug-likeness (QED) is 0.278. The number of hydrogen-bond donors (Lipinski definition) is 0. The highest BCUT2D eigenvalue weighted by Crippen LogP contribution is 2.35. The summed E-state index contributed by atoms with van der Waals surface area (Å²) in [6.45, 7) is 3.10. The van der Waals surface area contributed by atoms with Gasteiger partial charge in [0.05, 0.1) is 0 Å². The summed E-state index contributed by atoms with van der Waals surface area (Å²) in [4.78, 5) is 0. The Hall–Kier alpha value is -3.58. The van der Waals surface area contributed by atoms with E-state index >= 15 is 0 Å². The molecule has 29 heavy (non-hydrogen) atoms. The van der Waals surface area contributed by atoms with Crippen LogP contribution in [0.5, 0.6) is 0 Å². The second-order valence-corrected chi connectivity index (χ2v) is 7.82. The van der Waals surface area contributed by atoms with Crippen LogP contribution in [0.15, 0.2) is 97.1 Å². The topological polar surface area (TPSA) is 4.93 Å². The van der Waals surface area contributed by atoms with Crippen molar-refractivity contribution < 1.29 is 0 Å². The molecule has 1 nitrogen and oxygen atoms in total. The largest absolute Gasteiger partial charge is 0.336 e. The van der Waals surface area contributed by atoms with E-state index in [-0.39, 0.29) is 0 Å². The van der Waals surface area contributed by atoms with Crippen LogP contribution in [0, 0.1) is 6.92 Å². The predicted molar refractivity (Wildman–Crippen MR) is 125 cm³/mol. The maximum atomic E-state index is 2.48. The van der Waals surface area contributed by atoms with Crippen molar-refractivity contribution in [1.29, 1.82) is 0 Å². The van der Waals surface area contributed by atoms with Gasteiger partial charge in [0.15, 0.2) is 0 Å². The molecule has 1 heteroatoms. The minimum absolute atomic E-state index is 0.856. The first-order valence-electron chi connectivity index (χ1n) is 10.2. The molecule has 1 aromatic heterocycles. The van der Waals surface area contributed by atoms with Crippen LogP contribution in [0.1, 0.15) is 11.1 Å². The van der Waals surface area contributed by atoms with Crippen LogP contribution < -0.4 is 0 Å². The van der Waals surface area contributed by atoms with Gasteiger partial charge in [-0.25, -0.2) is 0 Å². The van der Waals surface area contributed by atoms with Crippen molar-refractivity contribution in [3.63, 3.8) is 0 Å². The molecule has 0 fully saturated rings. The summed E-state index contributed by atoms with van der Waals surface area (Å²) < 4.78 is 2.48. The Kier molecular flexibility index (Phi) is 3.51. The molecule has 5 aromatic carbocycles. The van der Waals surface area contributed by atoms with Crippen molar-refractivity contribution in [3.8, 4) is 0 Å². The Morgan fingerprint density at radius 2 is 0.862 bits per heavy atom. The first-order chi connectivity index (χ1) is 14.3. The fourth-order valence-corrected chi connectivity index (χ4v) is 4.94. The van der Waals surface area contributed by atoms with Gasteiger partial charge in [0.2, 0.25) is 0 Å². The highest BCUT2D eigenvalue weighted by atomic mass is 15.0. The summed E-state index contributed by atoms with van der Waals surface area (Å²) in [5.41, 5.74) is 5.35. The Morgan fingerprint density at radius 3 is 1.34 bits per heavy atom. The minimum Gasteiger partial charge on any atom is -0.336 e. The average Bonchev–Trinajstić information content (AvgIpc) is 3.10. The maximum Gasteiger partial charge on any atom is 0.0494 e. The van der Waals surface area contributed by atoms with E-state index in [9.17, 15) is 0 Å². The molecule has 0 unspecified atom stereocenters. The molecule has 0 aliphatic rings. The molecule has 0 N–H and O–H groups in total. The molecule has 0 saturated carbocycles. The number of aromatic nitrogens is 1. The van der Waals surface area contributed by atoms with E-state index in [1.54, 1.807) is 0 Å². The van der Waals surface area contributed by atoms with Crippen LogP contribution >= 0.6 is 0 Å². The van der Waals surface area contributed by atoms with E-state index in [0.29, 0.717) is 0 Å². The Labute approximate surface area is 169 Å². The lowest BCUT2D eigenvalue weighted by Crippen LogP contribution is -2.02. The minimum atomic E-state index is 0.856. The third-order valence-corrected chi connectivity index (χ3v) is 6.31. The van der Waals surface area contributed by atoms with Gasteiger partial charge in [0, 0.05) is 28.4 Å². The van der Waals surface area contributed by atoms with E-state index in [2.05, 4.69) is 109 Å². The average molecular weight is 371 g/mol. The van der Waals surface area contributed by atoms with Crippen LogP contribution in [-0.2, 0) is 6.54 Å². The number of benzene rings is 5. The van der Waals surface area contributed by atoms with Gasteiger partial charge < -0.3 is 4.57 Å². The summed E-state index contributed by atoms with van der Waals surface area (Å²) in [7, 11) is 0. The normalized spacial score (nSPS) is 11.8. The Balaban J connectivity index is 1.73. The maximum absolute atomic E-state index is 2.48. The van der Waals surface area contributed by atoms with Gasteiger partial charge in [-0.05, 0) is 51.7 Å². The standard InChI is InChI=1S/C28H21N/c1-19-20-10-2-4-12-22(20)26(23-13-5-3-11-21(19)23)18-29-27-16-8-6-14-24(27)25-15-7-9-17-28(25)29/h2-17H,18H2,1H3. The molecule has 6 aromatic rings. The number of rotatable bonds is 2. The molecule has 6 rings (SSSR count). The van der Waals surface area contributed by atoms with Gasteiger partial charge in [0.25, 0.3) is 0 Å². The predicted octanol–water partition coefficient (Wildman–Crippen LogP) is 7.46. The molecule has 0 saturated heterocycles. The molecule has 0 amide bonds. The molecule has 0 bridgehead atoms. The molecular formula is C28H21N. The van der Waals surface area contributed by atoms with Crippen molar-refractivity contribution in [1.82, 2.24) is 4.57 Å². The fourth-order valence-electron chi connectivity index (χ4n) is 4.94. The van der Waals surface area contributed by atoms with Crippen molar-refractivity contribution in [2.75, 3.05) is 0 Å². The number of fused-ring (bicyclic) bond motifs is 5. The van der Waals surface area contributed by atoms with Crippen LogP contribution in [0.4, 0.5) is 0 Å². The van der Waals surface area contributed by atoms with E-state index in [1.807, 2.05) is 0 Å². The first kappa shape index (κ1) is 16.4. The highest BCUT2D eigenvalue weighted by Gasteiger charge is 2.15. The molecule has 0 atom stereocenters. The van der Waals surface area contributed by atoms with E-state index in [4.69, 9.17) is 0 Å². The van der Waals surface area contributed by atoms with Crippen molar-refractivity contribution in [3.05, 3.63) is 108 Å². The second-order valence-electron chi connectivity index (χ2n) is 7.82. The monoisotopic (exact) mass is 371 g/mol. The third kappa shape index (κ3) is 2.34. The van der Waals surface area contributed by atoms with Crippen molar-refractivity contribution in [2.45, 2.75) is 13.5 Å². The van der Waals surface area contributed by atoms with E-state index in [1.165, 1.54) is 54.5 Å². The number of nitrogens with zero attached hydrogens (tertiary/aromatic N) is 1. The Bertz CT molecular complexity index is 1420. The second kappa shape index (κ2) is 6.22. The van der Waals surface area contributed by atoms with E-state index in [0.717, 1.165) is 6.54 Å². The zero-order valence-electron chi connectivity index (χ0n) is 16.4. The van der Waals surface area contributed by atoms with Gasteiger partial charge in [-0.3, -0.25) is 0 Å². The van der Waals surface area contributed by atoms with Gasteiger partial charge in [-0.15, -0.1) is 0 Å². The highest BCUT2D eigenvalue weighted by molar-refractivity contribution is 6.09. The van der Waals surface area contributed by atoms with Crippen LogP contribution in [0.2, 0.25) is 0 Å². The van der Waals surface area contributed by atoms with Gasteiger partial charge >= 0.3 is 0 Å². The molecule has 138 valence electrons. The molecule has 1 heterocycles. The fraction of sp³-hybridized carbons (Fsp3) is 0.0714. The summed E-state index contributed by atoms with van der Waals surface area (Å²) in [5, 5.41) is 8.05. The zero-order chi connectivity index (χ0) is 19.4. The van der Waals surface area contributed by atoms with Gasteiger partial charge in [-0.2, -0.15) is 0 Å². The van der Waals surface area contributed by atoms with Crippen LogP contribution in [0.3, 0.4) is 0 Å². The number of hydrogen-bond acceptors (Lipinski definition) is 0. The van der Waals surface area contributed by atoms with Crippen LogP contribution in [-0.4, -0.2) is 4.57 Å². The zero-order valence-corrected chi connectivity index (χ0v) is 16.4. The number of para-hydroxylation sites is 2. The molecule has 0 radical (unpaired) electrons. The molecular weight excluding hydrogens is 350 g/mol. The lowest BCUT2D eigenvalue weighted by molar-refractivity contribution is 0.882. The van der Waals surface area contributed by atoms with Crippen LogP contribution in [0.25, 0.3) is 43.4 Å². The molecule has 0 aliphatic carbocycles. The lowest BCUT2D eigenvalue weighted by Gasteiger charge is -2.16. The molecule has 0 aliphatic heterocycles. The van der Waals surface area contributed by atoms with Crippen molar-refractivity contribution in [2.24, 2.45) is 0 Å². The van der Waals surface area contributed by atoms with E-state index < -0.39 is 0 Å². The molecule has 0 spiro atoms. The van der Waals surface area contributed by atoms with Crippen molar-refractivity contribution >= 4 is 43.4 Å². The SMILES string of the molecule is Cc1c2ccccc2c(Cn2c3ccccc3c3ccccc32)c2ccccc12. The van der Waals surface area contributed by atoms with Gasteiger partial charge in [0.1, 0.15) is 0 Å². The summed E-state index contributed by atoms with van der Waals surface area (Å²) in [6, 6.07) is 35.2. The summed E-state index contributed by atoms with van der Waals surface area (Å²) in [6.07, 6.45) is 0. The van der Waals surface area contributed by atoms with Gasteiger partial charge in [-0.1, -0.05) is 84.9 Å². The first-order valence-corrected chi connectivity index (χ1v) is 10.2. The third-order valence-electron chi connectivity index (χ3n) is 6.31. The summed E-state index contributed by atoms with van der Waals surface area (Å²) in [5.74, 6) is 0. The Morgan fingerprint density at radius 1 is 0.483 bits per heavy atom.